The molecule has 0 spiro atoms. The summed E-state index contributed by atoms with van der Waals surface area (Å²) in [5.74, 6) is -1.01. The standard InChI is InChI=1S/C12H9FN4O4/c13-7-3-4-9(17(19)20)8(5-7)10(18)14-12-16-15-11(21-12)6-1-2-6/h3-6H,1-2H2,(H,14,16,18). The molecule has 0 saturated heterocycles. The molecular formula is C12H9FN4O4. The molecule has 8 nitrogen and oxygen atoms in total. The van der Waals surface area contributed by atoms with Crippen LogP contribution in [0.3, 0.4) is 0 Å². The third kappa shape index (κ3) is 2.71. The zero-order valence-electron chi connectivity index (χ0n) is 10.6. The Labute approximate surface area is 117 Å². The van der Waals surface area contributed by atoms with Gasteiger partial charge >= 0.3 is 6.01 Å². The molecule has 1 heterocycles. The van der Waals surface area contributed by atoms with E-state index in [1.54, 1.807) is 0 Å². The van der Waals surface area contributed by atoms with Gasteiger partial charge in [0, 0.05) is 12.0 Å². The fraction of sp³-hybridized carbons (Fsp3) is 0.250. The summed E-state index contributed by atoms with van der Waals surface area (Å²) in [5.41, 5.74) is -0.915. The summed E-state index contributed by atoms with van der Waals surface area (Å²) in [5, 5.41) is 20.5. The minimum atomic E-state index is -0.882. The van der Waals surface area contributed by atoms with Crippen molar-refractivity contribution in [1.82, 2.24) is 10.2 Å². The number of amides is 1. The maximum absolute atomic E-state index is 13.2. The average Bonchev–Trinajstić information content (AvgIpc) is 3.19. The van der Waals surface area contributed by atoms with Crippen LogP contribution < -0.4 is 5.32 Å². The van der Waals surface area contributed by atoms with Crippen molar-refractivity contribution in [2.45, 2.75) is 18.8 Å². The normalized spacial score (nSPS) is 14.0. The molecule has 0 bridgehead atoms. The van der Waals surface area contributed by atoms with E-state index in [-0.39, 0.29) is 11.9 Å². The molecule has 1 N–H and O–H groups in total. The second kappa shape index (κ2) is 4.93. The number of anilines is 1. The zero-order chi connectivity index (χ0) is 15.0. The van der Waals surface area contributed by atoms with Crippen LogP contribution in [-0.2, 0) is 0 Å². The highest BCUT2D eigenvalue weighted by Crippen LogP contribution is 2.39. The van der Waals surface area contributed by atoms with Crippen LogP contribution in [0, 0.1) is 15.9 Å². The lowest BCUT2D eigenvalue weighted by Gasteiger charge is -2.02. The van der Waals surface area contributed by atoms with Crippen molar-refractivity contribution in [3.8, 4) is 0 Å². The van der Waals surface area contributed by atoms with Crippen LogP contribution in [0.15, 0.2) is 22.6 Å². The fourth-order valence-corrected chi connectivity index (χ4v) is 1.79. The van der Waals surface area contributed by atoms with Gasteiger partial charge in [0.1, 0.15) is 11.4 Å². The number of carbonyl (C=O) groups is 1. The van der Waals surface area contributed by atoms with E-state index in [1.807, 2.05) is 0 Å². The maximum atomic E-state index is 13.2. The van der Waals surface area contributed by atoms with E-state index in [0.29, 0.717) is 5.89 Å². The predicted octanol–water partition coefficient (Wildman–Crippen LogP) is 2.25. The molecule has 1 aliphatic rings. The molecule has 9 heteroatoms. The molecule has 21 heavy (non-hydrogen) atoms. The first-order valence-electron chi connectivity index (χ1n) is 6.13. The van der Waals surface area contributed by atoms with Crippen LogP contribution in [0.5, 0.6) is 0 Å². The van der Waals surface area contributed by atoms with Gasteiger partial charge in [-0.25, -0.2) is 4.39 Å². The third-order valence-corrected chi connectivity index (χ3v) is 2.99. The van der Waals surface area contributed by atoms with E-state index >= 15 is 0 Å². The number of rotatable bonds is 4. The van der Waals surface area contributed by atoms with Crippen LogP contribution >= 0.6 is 0 Å². The first-order valence-corrected chi connectivity index (χ1v) is 6.13. The first-order chi connectivity index (χ1) is 10.0. The number of hydrogen-bond donors (Lipinski definition) is 1. The van der Waals surface area contributed by atoms with Crippen LogP contribution in [-0.4, -0.2) is 21.0 Å². The fourth-order valence-electron chi connectivity index (χ4n) is 1.79. The van der Waals surface area contributed by atoms with E-state index in [9.17, 15) is 19.3 Å². The van der Waals surface area contributed by atoms with Crippen molar-refractivity contribution in [3.05, 3.63) is 45.6 Å². The Bertz CT molecular complexity index is 726. The number of nitrogens with zero attached hydrogens (tertiary/aromatic N) is 3. The highest BCUT2D eigenvalue weighted by molar-refractivity contribution is 6.06. The van der Waals surface area contributed by atoms with Crippen molar-refractivity contribution in [2.75, 3.05) is 5.32 Å². The van der Waals surface area contributed by atoms with Crippen LogP contribution in [0.1, 0.15) is 35.0 Å². The van der Waals surface area contributed by atoms with Crippen molar-refractivity contribution in [1.29, 1.82) is 0 Å². The van der Waals surface area contributed by atoms with E-state index < -0.39 is 27.9 Å². The summed E-state index contributed by atoms with van der Waals surface area (Å²) < 4.78 is 18.4. The van der Waals surface area contributed by atoms with Gasteiger partial charge in [-0.15, -0.1) is 5.10 Å². The van der Waals surface area contributed by atoms with Gasteiger partial charge < -0.3 is 4.42 Å². The lowest BCUT2D eigenvalue weighted by Crippen LogP contribution is -2.14. The van der Waals surface area contributed by atoms with E-state index in [1.165, 1.54) is 0 Å². The van der Waals surface area contributed by atoms with Gasteiger partial charge in [-0.1, -0.05) is 5.10 Å². The molecule has 2 aromatic rings. The molecule has 1 fully saturated rings. The van der Waals surface area contributed by atoms with E-state index in [0.717, 1.165) is 31.0 Å². The molecule has 1 aliphatic carbocycles. The number of nitro benzene ring substituents is 1. The van der Waals surface area contributed by atoms with Crippen molar-refractivity contribution in [3.63, 3.8) is 0 Å². The summed E-state index contributed by atoms with van der Waals surface area (Å²) in [4.78, 5) is 22.1. The maximum Gasteiger partial charge on any atom is 0.322 e. The van der Waals surface area contributed by atoms with E-state index in [2.05, 4.69) is 15.5 Å². The Morgan fingerprint density at radius 1 is 1.43 bits per heavy atom. The van der Waals surface area contributed by atoms with Gasteiger partial charge in [0.05, 0.1) is 4.92 Å². The molecule has 108 valence electrons. The number of halogens is 1. The monoisotopic (exact) mass is 292 g/mol. The molecule has 1 aromatic heterocycles. The van der Waals surface area contributed by atoms with Gasteiger partial charge in [-0.05, 0) is 25.0 Å². The number of carbonyl (C=O) groups excluding carboxylic acids is 1. The molecule has 0 atom stereocenters. The first kappa shape index (κ1) is 13.2. The van der Waals surface area contributed by atoms with Gasteiger partial charge in [0.2, 0.25) is 5.89 Å². The number of aromatic nitrogens is 2. The molecule has 1 amide bonds. The highest BCUT2D eigenvalue weighted by Gasteiger charge is 2.30. The van der Waals surface area contributed by atoms with Gasteiger partial charge in [0.15, 0.2) is 0 Å². The Morgan fingerprint density at radius 3 is 2.86 bits per heavy atom. The summed E-state index contributed by atoms with van der Waals surface area (Å²) in [6.45, 7) is 0. The zero-order valence-corrected chi connectivity index (χ0v) is 10.6. The number of nitro groups is 1. The second-order valence-electron chi connectivity index (χ2n) is 4.59. The topological polar surface area (TPSA) is 111 Å². The largest absolute Gasteiger partial charge is 0.408 e. The van der Waals surface area contributed by atoms with Crippen LogP contribution in [0.25, 0.3) is 0 Å². The third-order valence-electron chi connectivity index (χ3n) is 2.99. The van der Waals surface area contributed by atoms with Crippen LogP contribution in [0.4, 0.5) is 16.1 Å². The minimum Gasteiger partial charge on any atom is -0.408 e. The molecule has 0 aliphatic heterocycles. The van der Waals surface area contributed by atoms with Crippen molar-refractivity contribution in [2.24, 2.45) is 0 Å². The number of benzene rings is 1. The summed E-state index contributed by atoms with van der Waals surface area (Å²) >= 11 is 0. The highest BCUT2D eigenvalue weighted by atomic mass is 19.1. The average molecular weight is 292 g/mol. The summed E-state index contributed by atoms with van der Waals surface area (Å²) in [6.07, 6.45) is 1.90. The Morgan fingerprint density at radius 2 is 2.19 bits per heavy atom. The molecule has 0 unspecified atom stereocenters. The van der Waals surface area contributed by atoms with Gasteiger partial charge in [-0.3, -0.25) is 20.2 Å². The van der Waals surface area contributed by atoms with Crippen molar-refractivity contribution < 1.29 is 18.5 Å². The molecular weight excluding hydrogens is 283 g/mol. The quantitative estimate of drug-likeness (QED) is 0.683. The Kier molecular flexibility index (Phi) is 3.09. The number of nitrogens with one attached hydrogen (secondary N) is 1. The minimum absolute atomic E-state index is 0.166. The SMILES string of the molecule is O=C(Nc1nnc(C2CC2)o1)c1cc(F)ccc1[N+](=O)[O-]. The lowest BCUT2D eigenvalue weighted by atomic mass is 10.1. The van der Waals surface area contributed by atoms with Gasteiger partial charge in [-0.2, -0.15) is 0 Å². The summed E-state index contributed by atoms with van der Waals surface area (Å²) in [7, 11) is 0. The Balaban J connectivity index is 1.83. The van der Waals surface area contributed by atoms with E-state index in [4.69, 9.17) is 4.42 Å². The molecule has 3 rings (SSSR count). The smallest absolute Gasteiger partial charge is 0.322 e. The number of hydrogen-bond acceptors (Lipinski definition) is 6. The Hall–Kier alpha value is -2.84. The van der Waals surface area contributed by atoms with Crippen LogP contribution in [0.2, 0.25) is 0 Å². The van der Waals surface area contributed by atoms with Gasteiger partial charge in [0.25, 0.3) is 11.6 Å². The lowest BCUT2D eigenvalue weighted by molar-refractivity contribution is -0.385. The predicted molar refractivity (Wildman–Crippen MR) is 67.3 cm³/mol. The summed E-state index contributed by atoms with van der Waals surface area (Å²) in [6, 6.07) is 2.45. The molecule has 1 aromatic carbocycles. The molecule has 0 radical (unpaired) electrons. The second-order valence-corrected chi connectivity index (χ2v) is 4.59. The molecule has 1 saturated carbocycles. The van der Waals surface area contributed by atoms with Crippen molar-refractivity contribution >= 4 is 17.6 Å².